The number of rotatable bonds is 28. The Kier molecular flexibility index (Phi) is 31.0. The first kappa shape index (κ1) is 53.5. The van der Waals surface area contributed by atoms with Gasteiger partial charge in [-0.3, -0.25) is 9.11 Å². The van der Waals surface area contributed by atoms with Crippen LogP contribution in [0.25, 0.3) is 12.2 Å². The van der Waals surface area contributed by atoms with Gasteiger partial charge >= 0.3 is 0 Å². The first-order valence-electron chi connectivity index (χ1n) is 21.5. The molecule has 0 radical (unpaired) electrons. The monoisotopic (exact) mass is 825 g/mol. The first-order valence-corrected chi connectivity index (χ1v) is 24.4. The van der Waals surface area contributed by atoms with Crippen molar-refractivity contribution in [2.75, 3.05) is 50.7 Å². The average molecular weight is 825 g/mol. The van der Waals surface area contributed by atoms with Gasteiger partial charge in [0.1, 0.15) is 9.79 Å². The molecule has 0 saturated carbocycles. The van der Waals surface area contributed by atoms with Crippen LogP contribution in [0.15, 0.2) is 46.2 Å². The molecule has 0 fully saturated rings. The van der Waals surface area contributed by atoms with E-state index in [0.717, 1.165) is 12.1 Å². The summed E-state index contributed by atoms with van der Waals surface area (Å²) in [6, 6.07) is 7.67. The highest BCUT2D eigenvalue weighted by molar-refractivity contribution is 7.86. The molecule has 2 aromatic rings. The van der Waals surface area contributed by atoms with Crippen LogP contribution in [-0.4, -0.2) is 75.0 Å². The van der Waals surface area contributed by atoms with Crippen LogP contribution >= 0.6 is 0 Å². The van der Waals surface area contributed by atoms with Crippen molar-refractivity contribution in [3.05, 3.63) is 47.5 Å². The number of nitrogen functional groups attached to an aromatic ring is 2. The molecule has 10 nitrogen and oxygen atoms in total. The van der Waals surface area contributed by atoms with Crippen LogP contribution < -0.4 is 11.5 Å². The highest BCUT2D eigenvalue weighted by atomic mass is 32.2. The van der Waals surface area contributed by atoms with Crippen molar-refractivity contribution in [3.63, 3.8) is 0 Å². The van der Waals surface area contributed by atoms with Gasteiger partial charge in [-0.2, -0.15) is 16.8 Å². The fraction of sp³-hybridized carbons (Fsp3) is 0.682. The second kappa shape index (κ2) is 32.5. The lowest BCUT2D eigenvalue weighted by molar-refractivity contribution is 0.256. The fourth-order valence-electron chi connectivity index (χ4n) is 6.19. The number of nitrogens with zero attached hydrogens (tertiary/aromatic N) is 2. The van der Waals surface area contributed by atoms with Crippen molar-refractivity contribution >= 4 is 43.8 Å². The van der Waals surface area contributed by atoms with E-state index in [9.17, 15) is 25.9 Å². The van der Waals surface area contributed by atoms with Gasteiger partial charge in [0.2, 0.25) is 0 Å². The standard InChI is InChI=1S/2C15H33N.C14H14N2O6S2/c2*1-4-7-10-13-16(14-11-8-5-2)15-12-9-6-3;15-11-5-3-9(13(7-11)23(17,18)19)1-2-10-4-6-12(16)8-14(10)24(20,21)22/h2*4-15H2,1-3H3;1-8H,15-16H2,(H,17,18,19)(H,20,21,22)/b;;2-1+. The number of benzene rings is 2. The van der Waals surface area contributed by atoms with Crippen LogP contribution in [0.1, 0.15) is 168 Å². The van der Waals surface area contributed by atoms with E-state index in [4.69, 9.17) is 11.5 Å². The molecule has 0 atom stereocenters. The molecule has 56 heavy (non-hydrogen) atoms. The van der Waals surface area contributed by atoms with Crippen molar-refractivity contribution in [1.82, 2.24) is 9.80 Å². The number of hydrogen-bond donors (Lipinski definition) is 4. The predicted octanol–water partition coefficient (Wildman–Crippen LogP) is 11.2. The quantitative estimate of drug-likeness (QED) is 0.0280. The van der Waals surface area contributed by atoms with Gasteiger partial charge in [-0.15, -0.1) is 0 Å². The van der Waals surface area contributed by atoms with E-state index in [-0.39, 0.29) is 22.5 Å². The van der Waals surface area contributed by atoms with E-state index in [1.54, 1.807) is 0 Å². The Balaban J connectivity index is 0.000000842. The van der Waals surface area contributed by atoms with Crippen molar-refractivity contribution in [2.24, 2.45) is 0 Å². The maximum Gasteiger partial charge on any atom is 0.295 e. The van der Waals surface area contributed by atoms with Crippen LogP contribution in [0.4, 0.5) is 11.4 Å². The van der Waals surface area contributed by atoms with Crippen LogP contribution in [0, 0.1) is 0 Å². The Morgan fingerprint density at radius 3 is 0.875 bits per heavy atom. The molecule has 2 rings (SSSR count). The zero-order valence-corrected chi connectivity index (χ0v) is 37.6. The molecule has 6 N–H and O–H groups in total. The second-order valence-electron chi connectivity index (χ2n) is 14.8. The minimum Gasteiger partial charge on any atom is -0.399 e. The third kappa shape index (κ3) is 26.4. The number of unbranched alkanes of at least 4 members (excludes halogenated alkanes) is 12. The predicted molar refractivity (Wildman–Crippen MR) is 240 cm³/mol. The Hall–Kier alpha value is -2.48. The zero-order valence-electron chi connectivity index (χ0n) is 36.0. The van der Waals surface area contributed by atoms with E-state index in [2.05, 4.69) is 51.3 Å². The average Bonchev–Trinajstić information content (AvgIpc) is 3.14. The maximum atomic E-state index is 11.4. The molecular weight excluding hydrogens is 745 g/mol. The lowest BCUT2D eigenvalue weighted by atomic mass is 10.1. The van der Waals surface area contributed by atoms with Gasteiger partial charge in [0.25, 0.3) is 20.2 Å². The summed E-state index contributed by atoms with van der Waals surface area (Å²) in [5.74, 6) is 0. The molecule has 0 unspecified atom stereocenters. The highest BCUT2D eigenvalue weighted by Crippen LogP contribution is 2.24. The zero-order chi connectivity index (χ0) is 42.2. The van der Waals surface area contributed by atoms with E-state index < -0.39 is 30.0 Å². The Morgan fingerprint density at radius 2 is 0.679 bits per heavy atom. The first-order chi connectivity index (χ1) is 26.7. The third-order valence-electron chi connectivity index (χ3n) is 9.54. The fourth-order valence-corrected chi connectivity index (χ4v) is 7.62. The molecule has 0 heterocycles. The Morgan fingerprint density at radius 1 is 0.446 bits per heavy atom. The van der Waals surface area contributed by atoms with Gasteiger partial charge in [-0.1, -0.05) is 143 Å². The van der Waals surface area contributed by atoms with Crippen LogP contribution in [0.2, 0.25) is 0 Å². The number of hydrogen-bond acceptors (Lipinski definition) is 8. The largest absolute Gasteiger partial charge is 0.399 e. The summed E-state index contributed by atoms with van der Waals surface area (Å²) in [6.07, 6.45) is 27.4. The molecule has 0 aliphatic heterocycles. The molecule has 0 amide bonds. The summed E-state index contributed by atoms with van der Waals surface area (Å²) >= 11 is 0. The van der Waals surface area contributed by atoms with Gasteiger partial charge in [-0.05, 0) is 113 Å². The lowest BCUT2D eigenvalue weighted by Crippen LogP contribution is -2.27. The van der Waals surface area contributed by atoms with Gasteiger partial charge in [0.05, 0.1) is 0 Å². The molecule has 0 saturated heterocycles. The van der Waals surface area contributed by atoms with E-state index >= 15 is 0 Å². The summed E-state index contributed by atoms with van der Waals surface area (Å²) in [7, 11) is -9.05. The highest BCUT2D eigenvalue weighted by Gasteiger charge is 2.17. The topological polar surface area (TPSA) is 167 Å². The van der Waals surface area contributed by atoms with Gasteiger partial charge < -0.3 is 21.3 Å². The van der Waals surface area contributed by atoms with Crippen LogP contribution in [0.5, 0.6) is 0 Å². The van der Waals surface area contributed by atoms with Gasteiger partial charge in [0, 0.05) is 11.4 Å². The number of nitrogens with two attached hydrogens (primary N) is 2. The van der Waals surface area contributed by atoms with Gasteiger partial charge in [-0.25, -0.2) is 0 Å². The van der Waals surface area contributed by atoms with Crippen molar-refractivity contribution < 1.29 is 25.9 Å². The maximum absolute atomic E-state index is 11.4. The molecule has 12 heteroatoms. The van der Waals surface area contributed by atoms with Crippen molar-refractivity contribution in [2.45, 2.75) is 167 Å². The molecule has 324 valence electrons. The molecule has 2 aromatic carbocycles. The van der Waals surface area contributed by atoms with Crippen molar-refractivity contribution in [3.8, 4) is 0 Å². The Bertz CT molecular complexity index is 1370. The SMILES string of the molecule is CCCCCN(CCCCC)CCCCC.CCCCCN(CCCCC)CCCCC.Nc1ccc(/C=C/c2ccc(N)cc2S(=O)(=O)O)c(S(=O)(=O)O)c1. The second-order valence-corrected chi connectivity index (χ2v) is 17.6. The lowest BCUT2D eigenvalue weighted by Gasteiger charge is -2.22. The summed E-state index contributed by atoms with van der Waals surface area (Å²) in [5, 5.41) is 0. The minimum absolute atomic E-state index is 0.0878. The van der Waals surface area contributed by atoms with E-state index in [0.29, 0.717) is 0 Å². The van der Waals surface area contributed by atoms with E-state index in [1.165, 1.54) is 191 Å². The summed E-state index contributed by atoms with van der Waals surface area (Å²) in [4.78, 5) is 4.53. The van der Waals surface area contributed by atoms with Crippen LogP contribution in [-0.2, 0) is 20.2 Å². The molecule has 0 spiro atoms. The smallest absolute Gasteiger partial charge is 0.295 e. The number of anilines is 2. The molecule has 0 aromatic heterocycles. The van der Waals surface area contributed by atoms with Crippen LogP contribution in [0.3, 0.4) is 0 Å². The minimum atomic E-state index is -4.52. The third-order valence-corrected chi connectivity index (χ3v) is 11.4. The Labute approximate surface area is 343 Å². The molecule has 0 aliphatic carbocycles. The molecular formula is C44H80N4O6S2. The van der Waals surface area contributed by atoms with Crippen molar-refractivity contribution in [1.29, 1.82) is 0 Å². The molecule has 0 bridgehead atoms. The molecule has 0 aliphatic rings. The summed E-state index contributed by atoms with van der Waals surface area (Å²) < 4.78 is 64.1. The van der Waals surface area contributed by atoms with Gasteiger partial charge in [0.15, 0.2) is 0 Å². The summed E-state index contributed by atoms with van der Waals surface area (Å²) in [6.45, 7) is 21.7. The normalized spacial score (nSPS) is 11.8. The summed E-state index contributed by atoms with van der Waals surface area (Å²) in [5.41, 5.74) is 11.4. The van der Waals surface area contributed by atoms with E-state index in [1.807, 2.05) is 0 Å².